The molecule has 0 aliphatic carbocycles. The number of aromatic nitrogens is 1. The van der Waals surface area contributed by atoms with Gasteiger partial charge in [0, 0.05) is 9.13 Å². The third kappa shape index (κ3) is 4.67. The Bertz CT molecular complexity index is 1350. The van der Waals surface area contributed by atoms with Crippen LogP contribution in [0.4, 0.5) is 5.13 Å². The summed E-state index contributed by atoms with van der Waals surface area (Å²) in [5, 5.41) is 11.4. The van der Waals surface area contributed by atoms with Crippen molar-refractivity contribution in [3.05, 3.63) is 79.4 Å². The molecule has 1 atom stereocenters. The van der Waals surface area contributed by atoms with Crippen LogP contribution in [0.25, 0.3) is 5.76 Å². The van der Waals surface area contributed by atoms with Crippen LogP contribution in [0.1, 0.15) is 39.5 Å². The number of aliphatic hydroxyl groups is 1. The summed E-state index contributed by atoms with van der Waals surface area (Å²) >= 11 is 3.12. The first-order valence-electron chi connectivity index (χ1n) is 10.6. The fourth-order valence-electron chi connectivity index (χ4n) is 3.81. The number of carbonyl (C=O) groups is 3. The second-order valence-electron chi connectivity index (χ2n) is 7.58. The van der Waals surface area contributed by atoms with Gasteiger partial charge in [0.2, 0.25) is 0 Å². The van der Waals surface area contributed by atoms with E-state index in [4.69, 9.17) is 9.47 Å². The van der Waals surface area contributed by atoms with Gasteiger partial charge in [-0.1, -0.05) is 35.6 Å². The number of aliphatic hydroxyl groups excluding tert-OH is 1. The molecule has 1 aliphatic heterocycles. The van der Waals surface area contributed by atoms with Crippen LogP contribution in [-0.2, 0) is 14.3 Å². The minimum atomic E-state index is -0.946. The number of nitrogens with zero attached hydrogens (tertiary/aromatic N) is 2. The fraction of sp³-hybridized carbons (Fsp3) is 0.200. The van der Waals surface area contributed by atoms with Crippen molar-refractivity contribution in [2.75, 3.05) is 18.6 Å². The summed E-state index contributed by atoms with van der Waals surface area (Å²) in [5.74, 6) is -2.07. The zero-order valence-corrected chi connectivity index (χ0v) is 22.0. The predicted octanol–water partition coefficient (Wildman–Crippen LogP) is 4.87. The van der Waals surface area contributed by atoms with Gasteiger partial charge in [-0.15, -0.1) is 0 Å². The number of halogens is 1. The first-order valence-corrected chi connectivity index (χ1v) is 12.5. The van der Waals surface area contributed by atoms with Crippen LogP contribution in [-0.4, -0.2) is 41.5 Å². The average Bonchev–Trinajstić information content (AvgIpc) is 3.36. The maximum absolute atomic E-state index is 13.3. The summed E-state index contributed by atoms with van der Waals surface area (Å²) in [4.78, 5) is 44.6. The second kappa shape index (κ2) is 10.2. The molecule has 35 heavy (non-hydrogen) atoms. The minimum absolute atomic E-state index is 0.0719. The summed E-state index contributed by atoms with van der Waals surface area (Å²) in [6, 6.07) is 13.0. The van der Waals surface area contributed by atoms with Gasteiger partial charge < -0.3 is 14.6 Å². The number of rotatable bonds is 6. The van der Waals surface area contributed by atoms with Gasteiger partial charge in [-0.25, -0.2) is 9.78 Å². The SMILES string of the molecule is CCOc1cccc(C(O)=C2C(=O)C(=O)N(c3nc(C)c(C(=O)OC)s3)C2c2ccc(I)cc2)c1. The van der Waals surface area contributed by atoms with E-state index < -0.39 is 23.7 Å². The summed E-state index contributed by atoms with van der Waals surface area (Å²) < 4.78 is 11.3. The number of carbonyl (C=O) groups excluding carboxylic acids is 3. The predicted molar refractivity (Wildman–Crippen MR) is 140 cm³/mol. The molecule has 2 heterocycles. The quantitative estimate of drug-likeness (QED) is 0.141. The molecule has 1 amide bonds. The normalized spacial score (nSPS) is 17.0. The number of ether oxygens (including phenoxy) is 2. The Morgan fingerprint density at radius 2 is 1.91 bits per heavy atom. The molecule has 1 N–H and O–H groups in total. The maximum Gasteiger partial charge on any atom is 0.350 e. The maximum atomic E-state index is 13.3. The second-order valence-corrected chi connectivity index (χ2v) is 9.81. The molecule has 2 aromatic carbocycles. The topological polar surface area (TPSA) is 106 Å². The lowest BCUT2D eigenvalue weighted by molar-refractivity contribution is -0.132. The molecule has 1 saturated heterocycles. The summed E-state index contributed by atoms with van der Waals surface area (Å²) in [5.41, 5.74) is 1.26. The number of esters is 1. The number of methoxy groups -OCH3 is 1. The van der Waals surface area contributed by atoms with Crippen molar-refractivity contribution in [3.8, 4) is 5.75 Å². The molecule has 0 spiro atoms. The Balaban J connectivity index is 1.92. The monoisotopic (exact) mass is 604 g/mol. The van der Waals surface area contributed by atoms with Crippen molar-refractivity contribution in [2.24, 2.45) is 0 Å². The highest BCUT2D eigenvalue weighted by Crippen LogP contribution is 2.44. The Morgan fingerprint density at radius 3 is 2.57 bits per heavy atom. The highest BCUT2D eigenvalue weighted by atomic mass is 127. The Kier molecular flexibility index (Phi) is 7.22. The molecule has 8 nitrogen and oxygen atoms in total. The number of anilines is 1. The molecular weight excluding hydrogens is 583 g/mol. The third-order valence-electron chi connectivity index (χ3n) is 5.41. The fourth-order valence-corrected chi connectivity index (χ4v) is 5.18. The number of thiazole rings is 1. The lowest BCUT2D eigenvalue weighted by Crippen LogP contribution is -2.29. The lowest BCUT2D eigenvalue weighted by Gasteiger charge is -2.23. The lowest BCUT2D eigenvalue weighted by atomic mass is 9.95. The van der Waals surface area contributed by atoms with Crippen molar-refractivity contribution in [2.45, 2.75) is 19.9 Å². The summed E-state index contributed by atoms with van der Waals surface area (Å²) in [7, 11) is 1.26. The van der Waals surface area contributed by atoms with Crippen molar-refractivity contribution in [1.29, 1.82) is 0 Å². The third-order valence-corrected chi connectivity index (χ3v) is 7.27. The molecule has 1 fully saturated rings. The van der Waals surface area contributed by atoms with E-state index in [1.807, 2.05) is 19.1 Å². The summed E-state index contributed by atoms with van der Waals surface area (Å²) in [6.45, 7) is 3.90. The van der Waals surface area contributed by atoms with Crippen LogP contribution in [0, 0.1) is 10.5 Å². The molecule has 10 heteroatoms. The van der Waals surface area contributed by atoms with Gasteiger partial charge in [0.15, 0.2) is 5.13 Å². The molecule has 4 rings (SSSR count). The number of hydrogen-bond donors (Lipinski definition) is 1. The van der Waals surface area contributed by atoms with Crippen molar-refractivity contribution >= 4 is 62.5 Å². The van der Waals surface area contributed by atoms with Gasteiger partial charge >= 0.3 is 11.9 Å². The minimum Gasteiger partial charge on any atom is -0.507 e. The molecule has 180 valence electrons. The Hall–Kier alpha value is -3.25. The van der Waals surface area contributed by atoms with Gasteiger partial charge in [-0.2, -0.15) is 0 Å². The zero-order chi connectivity index (χ0) is 25.3. The van der Waals surface area contributed by atoms with Gasteiger partial charge in [-0.3, -0.25) is 14.5 Å². The number of ketones is 1. The van der Waals surface area contributed by atoms with E-state index in [1.165, 1.54) is 12.0 Å². The number of amides is 1. The highest BCUT2D eigenvalue weighted by molar-refractivity contribution is 14.1. The smallest absolute Gasteiger partial charge is 0.350 e. The van der Waals surface area contributed by atoms with Crippen LogP contribution < -0.4 is 9.64 Å². The van der Waals surface area contributed by atoms with Gasteiger partial charge in [0.25, 0.3) is 5.78 Å². The zero-order valence-electron chi connectivity index (χ0n) is 19.1. The first kappa shape index (κ1) is 24.9. The van der Waals surface area contributed by atoms with Gasteiger partial charge in [0.05, 0.1) is 31.0 Å². The standard InChI is InChI=1S/C25H21IN2O6S/c1-4-34-17-7-5-6-15(12-17)20(29)18-19(14-8-10-16(26)11-9-14)28(23(31)21(18)30)25-27-13(2)22(35-25)24(32)33-3/h5-12,19,29H,4H2,1-3H3. The van der Waals surface area contributed by atoms with Crippen LogP contribution >= 0.6 is 33.9 Å². The molecule has 1 aliphatic rings. The van der Waals surface area contributed by atoms with Crippen LogP contribution in [0.2, 0.25) is 0 Å². The first-order chi connectivity index (χ1) is 16.8. The highest BCUT2D eigenvalue weighted by Gasteiger charge is 2.48. The number of Topliss-reactive ketones (excluding diaryl/α,β-unsaturated/α-hetero) is 1. The van der Waals surface area contributed by atoms with E-state index in [-0.39, 0.29) is 21.3 Å². The van der Waals surface area contributed by atoms with Crippen molar-refractivity contribution in [1.82, 2.24) is 4.98 Å². The molecule has 1 unspecified atom stereocenters. The van der Waals surface area contributed by atoms with E-state index in [9.17, 15) is 19.5 Å². The van der Waals surface area contributed by atoms with E-state index in [0.29, 0.717) is 29.2 Å². The van der Waals surface area contributed by atoms with Crippen molar-refractivity contribution in [3.63, 3.8) is 0 Å². The average molecular weight is 604 g/mol. The molecule has 0 saturated carbocycles. The number of hydrogen-bond acceptors (Lipinski definition) is 8. The molecule has 1 aromatic heterocycles. The van der Waals surface area contributed by atoms with Gasteiger partial charge in [0.1, 0.15) is 16.4 Å². The summed E-state index contributed by atoms with van der Waals surface area (Å²) in [6.07, 6.45) is 0. The number of benzene rings is 2. The van der Waals surface area contributed by atoms with E-state index in [1.54, 1.807) is 43.3 Å². The largest absolute Gasteiger partial charge is 0.507 e. The molecular formula is C25H21IN2O6S. The van der Waals surface area contributed by atoms with Crippen LogP contribution in [0.15, 0.2) is 54.1 Å². The Labute approximate surface area is 219 Å². The van der Waals surface area contributed by atoms with E-state index in [2.05, 4.69) is 27.6 Å². The molecule has 0 bridgehead atoms. The van der Waals surface area contributed by atoms with Crippen LogP contribution in [0.3, 0.4) is 0 Å². The number of aryl methyl sites for hydroxylation is 1. The molecule has 0 radical (unpaired) electrons. The van der Waals surface area contributed by atoms with Crippen molar-refractivity contribution < 1.29 is 29.0 Å². The van der Waals surface area contributed by atoms with Crippen LogP contribution in [0.5, 0.6) is 5.75 Å². The molecule has 3 aromatic rings. The van der Waals surface area contributed by atoms with E-state index in [0.717, 1.165) is 14.9 Å². The van der Waals surface area contributed by atoms with Gasteiger partial charge in [-0.05, 0) is 66.3 Å². The van der Waals surface area contributed by atoms with E-state index >= 15 is 0 Å². The Morgan fingerprint density at radius 1 is 1.20 bits per heavy atom.